The number of carboxylic acids is 1. The Morgan fingerprint density at radius 2 is 1.79 bits per heavy atom. The van der Waals surface area contributed by atoms with Crippen LogP contribution in [0.1, 0.15) is 74.1 Å². The summed E-state index contributed by atoms with van der Waals surface area (Å²) in [5.41, 5.74) is -5.81. The maximum absolute atomic E-state index is 17.5. The summed E-state index contributed by atoms with van der Waals surface area (Å²) in [5.74, 6) is -5.35. The van der Waals surface area contributed by atoms with Crippen LogP contribution in [0.2, 0.25) is 0 Å². The predicted octanol–water partition coefficient (Wildman–Crippen LogP) is 3.98. The highest BCUT2D eigenvalue weighted by Crippen LogP contribution is 2.72. The van der Waals surface area contributed by atoms with Crippen LogP contribution in [0.25, 0.3) is 0 Å². The highest BCUT2D eigenvalue weighted by molar-refractivity contribution is 6.03. The van der Waals surface area contributed by atoms with Crippen molar-refractivity contribution in [3.63, 3.8) is 0 Å². The molecule has 0 amide bonds. The molecule has 42 heavy (non-hydrogen) atoms. The Hall–Kier alpha value is -3.21. The van der Waals surface area contributed by atoms with Crippen LogP contribution < -0.4 is 0 Å². The second-order valence-corrected chi connectivity index (χ2v) is 13.2. The molecule has 8 atom stereocenters. The Bertz CT molecular complexity index is 1460. The minimum atomic E-state index is -2.09. The van der Waals surface area contributed by atoms with E-state index in [4.69, 9.17) is 14.2 Å². The molecule has 10 heteroatoms. The number of fused-ring (bicyclic) bond motifs is 7. The van der Waals surface area contributed by atoms with Crippen molar-refractivity contribution >= 4 is 23.5 Å². The second kappa shape index (κ2) is 9.14. The average molecular weight is 583 g/mol. The van der Waals surface area contributed by atoms with E-state index in [0.717, 1.165) is 0 Å². The largest absolute Gasteiger partial charge is 0.478 e. The lowest BCUT2D eigenvalue weighted by molar-refractivity contribution is -0.246. The van der Waals surface area contributed by atoms with E-state index in [-0.39, 0.29) is 23.3 Å². The smallest absolute Gasteiger partial charge is 0.339 e. The molecule has 1 saturated heterocycles. The molecule has 0 radical (unpaired) electrons. The van der Waals surface area contributed by atoms with Gasteiger partial charge < -0.3 is 24.4 Å². The molecule has 3 saturated carbocycles. The maximum Gasteiger partial charge on any atom is 0.339 e. The molecule has 1 aromatic carbocycles. The number of carboxylic acid groups (broad SMARTS) is 1. The van der Waals surface area contributed by atoms with Crippen molar-refractivity contribution < 1.29 is 48.0 Å². The fraction of sp³-hybridized carbons (Fsp3) is 0.562. The lowest BCUT2D eigenvalue weighted by Crippen LogP contribution is -2.70. The summed E-state index contributed by atoms with van der Waals surface area (Å²) in [4.78, 5) is 50.8. The van der Waals surface area contributed by atoms with Gasteiger partial charge in [-0.05, 0) is 76.7 Å². The molecule has 4 aliphatic carbocycles. The molecule has 0 unspecified atom stereocenters. The third-order valence-electron chi connectivity index (χ3n) is 10.8. The van der Waals surface area contributed by atoms with Gasteiger partial charge in [-0.25, -0.2) is 14.0 Å². The van der Waals surface area contributed by atoms with Crippen molar-refractivity contribution in [2.24, 2.45) is 22.7 Å². The van der Waals surface area contributed by atoms with Crippen molar-refractivity contribution in [3.05, 3.63) is 59.2 Å². The minimum absolute atomic E-state index is 0.118. The Kier molecular flexibility index (Phi) is 6.29. The molecule has 6 rings (SSSR count). The van der Waals surface area contributed by atoms with Crippen molar-refractivity contribution in [3.8, 4) is 0 Å². The summed E-state index contributed by atoms with van der Waals surface area (Å²) in [5, 5.41) is 21.1. The van der Waals surface area contributed by atoms with Crippen molar-refractivity contribution in [2.45, 2.75) is 82.6 Å². The van der Waals surface area contributed by atoms with E-state index in [2.05, 4.69) is 0 Å². The fourth-order valence-corrected chi connectivity index (χ4v) is 8.97. The molecule has 9 nitrogen and oxygen atoms in total. The number of ether oxygens (including phenoxy) is 3. The third kappa shape index (κ3) is 3.64. The van der Waals surface area contributed by atoms with Gasteiger partial charge in [0.05, 0.1) is 23.3 Å². The summed E-state index contributed by atoms with van der Waals surface area (Å²) in [6.07, 6.45) is 3.14. The van der Waals surface area contributed by atoms with E-state index in [0.29, 0.717) is 24.8 Å². The van der Waals surface area contributed by atoms with Gasteiger partial charge in [-0.15, -0.1) is 0 Å². The number of esters is 1. The number of carbonyl (C=O) groups is 4. The number of hydrogen-bond acceptors (Lipinski definition) is 8. The van der Waals surface area contributed by atoms with Gasteiger partial charge in [-0.1, -0.05) is 30.7 Å². The minimum Gasteiger partial charge on any atom is -0.478 e. The van der Waals surface area contributed by atoms with Gasteiger partial charge in [0.1, 0.15) is 0 Å². The van der Waals surface area contributed by atoms with Crippen molar-refractivity contribution in [2.75, 3.05) is 6.61 Å². The fourth-order valence-electron chi connectivity index (χ4n) is 8.97. The number of alkyl halides is 1. The Labute approximate surface area is 242 Å². The molecule has 0 spiro atoms. The Balaban J connectivity index is 1.35. The van der Waals surface area contributed by atoms with Gasteiger partial charge in [0, 0.05) is 16.7 Å². The average Bonchev–Trinajstić information content (AvgIpc) is 3.34. The van der Waals surface area contributed by atoms with Crippen LogP contribution in [-0.4, -0.2) is 69.6 Å². The Morgan fingerprint density at radius 3 is 2.48 bits per heavy atom. The predicted molar refractivity (Wildman–Crippen MR) is 145 cm³/mol. The number of aliphatic hydroxyl groups is 1. The number of aliphatic hydroxyl groups excluding tert-OH is 1. The monoisotopic (exact) mass is 582 g/mol. The number of halogens is 1. The summed E-state index contributed by atoms with van der Waals surface area (Å²) in [7, 11) is 0. The van der Waals surface area contributed by atoms with Crippen molar-refractivity contribution in [1.82, 2.24) is 0 Å². The van der Waals surface area contributed by atoms with E-state index in [1.54, 1.807) is 26.8 Å². The van der Waals surface area contributed by atoms with Crippen molar-refractivity contribution in [1.29, 1.82) is 0 Å². The van der Waals surface area contributed by atoms with Crippen LogP contribution in [0.3, 0.4) is 0 Å². The highest BCUT2D eigenvalue weighted by Gasteiger charge is 2.80. The molecule has 0 bridgehead atoms. The highest BCUT2D eigenvalue weighted by atomic mass is 19.1. The lowest BCUT2D eigenvalue weighted by atomic mass is 9.44. The molecule has 4 fully saturated rings. The van der Waals surface area contributed by atoms with Crippen LogP contribution in [-0.2, 0) is 23.8 Å². The van der Waals surface area contributed by atoms with Crippen LogP contribution in [0.5, 0.6) is 0 Å². The molecule has 1 aromatic rings. The molecule has 2 N–H and O–H groups in total. The number of aromatic carboxylic acids is 1. The molecule has 224 valence electrons. The van der Waals surface area contributed by atoms with Crippen LogP contribution in [0.4, 0.5) is 4.39 Å². The summed E-state index contributed by atoms with van der Waals surface area (Å²) < 4.78 is 35.6. The first-order chi connectivity index (χ1) is 19.6. The second-order valence-electron chi connectivity index (χ2n) is 13.2. The first kappa shape index (κ1) is 28.9. The first-order valence-electron chi connectivity index (χ1n) is 14.3. The van der Waals surface area contributed by atoms with E-state index < -0.39 is 76.3 Å². The zero-order chi connectivity index (χ0) is 30.5. The zero-order valence-electron chi connectivity index (χ0n) is 24.0. The van der Waals surface area contributed by atoms with E-state index in [9.17, 15) is 29.4 Å². The molecular formula is C32H35FO9. The molecule has 1 aliphatic heterocycles. The van der Waals surface area contributed by atoms with Gasteiger partial charge in [0.2, 0.25) is 5.78 Å². The number of rotatable bonds is 5. The summed E-state index contributed by atoms with van der Waals surface area (Å²) in [6, 6.07) is 5.54. The third-order valence-corrected chi connectivity index (χ3v) is 10.8. The van der Waals surface area contributed by atoms with E-state index >= 15 is 4.39 Å². The number of hydrogen-bond donors (Lipinski definition) is 2. The molecule has 5 aliphatic rings. The van der Waals surface area contributed by atoms with E-state index in [1.165, 1.54) is 36.4 Å². The van der Waals surface area contributed by atoms with E-state index in [1.807, 2.05) is 6.92 Å². The molecule has 1 heterocycles. The van der Waals surface area contributed by atoms with Crippen LogP contribution >= 0.6 is 0 Å². The number of ketones is 2. The quantitative estimate of drug-likeness (QED) is 0.494. The van der Waals surface area contributed by atoms with Crippen LogP contribution in [0, 0.1) is 22.7 Å². The van der Waals surface area contributed by atoms with Gasteiger partial charge >= 0.3 is 11.9 Å². The van der Waals surface area contributed by atoms with Gasteiger partial charge in [-0.3, -0.25) is 9.59 Å². The van der Waals surface area contributed by atoms with Gasteiger partial charge in [0.15, 0.2) is 29.4 Å². The van der Waals surface area contributed by atoms with Crippen LogP contribution in [0.15, 0.2) is 48.1 Å². The maximum atomic E-state index is 17.5. The lowest BCUT2D eigenvalue weighted by Gasteiger charge is -2.62. The van der Waals surface area contributed by atoms with Gasteiger partial charge in [0.25, 0.3) is 0 Å². The molecule has 0 aromatic heterocycles. The van der Waals surface area contributed by atoms with Gasteiger partial charge in [-0.2, -0.15) is 0 Å². The standard InChI is InChI=1S/C32H35FO9/c1-28(2)41-25-14-22-21-10-9-17-13-18(34)11-12-29(17,3)31(21,33)23(35)15-30(22,4)32(25,42-28)24(36)16-40-27(39)20-8-6-5-7-19(20)26(37)38/h5-8,11-13,21-23,25,35H,9-10,14-16H2,1-4H3,(H,37,38)/t21-,22-,23-,25+,29-,30-,31-,32+/m0/s1. The zero-order valence-corrected chi connectivity index (χ0v) is 24.0. The summed E-state index contributed by atoms with van der Waals surface area (Å²) >= 11 is 0. The molecular weight excluding hydrogens is 547 g/mol. The SMILES string of the molecule is CC1(C)O[C@@H]2C[C@H]3[C@@H]4CCC5=CC(=O)C=C[C@]5(C)[C@@]4(F)[C@@H](O)C[C@]3(C)[C@]2(C(=O)COC(=O)c2ccccc2C(=O)O)O1. The number of benzene rings is 1. The normalized spacial score (nSPS) is 41.2. The first-order valence-corrected chi connectivity index (χ1v) is 14.3. The number of carbonyl (C=O) groups excluding carboxylic acids is 3. The number of allylic oxidation sites excluding steroid dienone is 4. The summed E-state index contributed by atoms with van der Waals surface area (Å²) in [6.45, 7) is 6.17. The number of Topliss-reactive ketones (excluding diaryl/α,β-unsaturated/α-hetero) is 1. The Morgan fingerprint density at radius 1 is 1.10 bits per heavy atom. The topological polar surface area (TPSA) is 136 Å².